The van der Waals surface area contributed by atoms with E-state index in [-0.39, 0.29) is 24.4 Å². The Kier molecular flexibility index (Phi) is 6.11. The smallest absolute Gasteiger partial charge is 0.325 e. The van der Waals surface area contributed by atoms with Gasteiger partial charge in [0.25, 0.3) is 0 Å². The lowest BCUT2D eigenvalue weighted by atomic mass is 10.0. The van der Waals surface area contributed by atoms with E-state index in [0.29, 0.717) is 0 Å². The highest BCUT2D eigenvalue weighted by Crippen LogP contribution is 2.18. The predicted octanol–water partition coefficient (Wildman–Crippen LogP) is 3.06. The van der Waals surface area contributed by atoms with Crippen LogP contribution in [0.3, 0.4) is 0 Å². The molecule has 3 rings (SSSR count). The molecule has 0 saturated heterocycles. The molecule has 0 aliphatic heterocycles. The Labute approximate surface area is 161 Å². The van der Waals surface area contributed by atoms with E-state index < -0.39 is 24.2 Å². The number of halogens is 1. The van der Waals surface area contributed by atoms with E-state index in [9.17, 15) is 18.8 Å². The molecule has 3 aromatic rings. The highest BCUT2D eigenvalue weighted by molar-refractivity contribution is 5.98. The van der Waals surface area contributed by atoms with Crippen LogP contribution >= 0.6 is 0 Å². The number of fused-ring (bicyclic) bond motifs is 1. The number of Topliss-reactive ketones (excluding diaryl/α,β-unsaturated/α-hetero) is 1. The summed E-state index contributed by atoms with van der Waals surface area (Å²) in [6.45, 7) is -0.802. The van der Waals surface area contributed by atoms with Gasteiger partial charge >= 0.3 is 5.97 Å². The van der Waals surface area contributed by atoms with Gasteiger partial charge in [0, 0.05) is 5.56 Å². The number of rotatable bonds is 7. The van der Waals surface area contributed by atoms with Crippen LogP contribution in [-0.2, 0) is 20.7 Å². The molecule has 0 aliphatic rings. The van der Waals surface area contributed by atoms with Gasteiger partial charge in [-0.3, -0.25) is 14.4 Å². The lowest BCUT2D eigenvalue weighted by molar-refractivity contribution is -0.142. The minimum Gasteiger partial charge on any atom is -0.456 e. The molecule has 28 heavy (non-hydrogen) atoms. The average Bonchev–Trinajstić information content (AvgIpc) is 2.71. The SMILES string of the molecule is O=C(Cc1cccc2ccccc12)NCC(=O)OCC(=O)c1ccc(F)cc1. The maximum absolute atomic E-state index is 12.8. The molecule has 5 nitrogen and oxygen atoms in total. The van der Waals surface area contributed by atoms with Crippen LogP contribution in [0.4, 0.5) is 4.39 Å². The normalized spacial score (nSPS) is 10.5. The summed E-state index contributed by atoms with van der Waals surface area (Å²) in [7, 11) is 0. The second-order valence-corrected chi connectivity index (χ2v) is 6.18. The topological polar surface area (TPSA) is 72.5 Å². The minimum absolute atomic E-state index is 0.128. The Hall–Kier alpha value is -3.54. The van der Waals surface area contributed by atoms with Crippen molar-refractivity contribution in [3.63, 3.8) is 0 Å². The summed E-state index contributed by atoms with van der Waals surface area (Å²) in [4.78, 5) is 35.8. The van der Waals surface area contributed by atoms with Crippen molar-refractivity contribution in [3.8, 4) is 0 Å². The fourth-order valence-corrected chi connectivity index (χ4v) is 2.77. The first kappa shape index (κ1) is 19.2. The first-order chi connectivity index (χ1) is 13.5. The number of benzene rings is 3. The van der Waals surface area contributed by atoms with E-state index in [1.165, 1.54) is 12.1 Å². The van der Waals surface area contributed by atoms with Crippen molar-refractivity contribution >= 4 is 28.4 Å². The molecule has 0 spiro atoms. The van der Waals surface area contributed by atoms with Gasteiger partial charge in [0.2, 0.25) is 5.91 Å². The predicted molar refractivity (Wildman–Crippen MR) is 102 cm³/mol. The molecule has 0 radical (unpaired) electrons. The molecular weight excluding hydrogens is 361 g/mol. The minimum atomic E-state index is -0.721. The summed E-state index contributed by atoms with van der Waals surface area (Å²) >= 11 is 0. The fourth-order valence-electron chi connectivity index (χ4n) is 2.77. The van der Waals surface area contributed by atoms with E-state index in [1.807, 2.05) is 42.5 Å². The average molecular weight is 379 g/mol. The summed E-state index contributed by atoms with van der Waals surface area (Å²) in [5, 5.41) is 4.51. The van der Waals surface area contributed by atoms with E-state index >= 15 is 0 Å². The maximum atomic E-state index is 12.8. The van der Waals surface area contributed by atoms with Crippen molar-refractivity contribution in [2.45, 2.75) is 6.42 Å². The van der Waals surface area contributed by atoms with E-state index in [0.717, 1.165) is 28.5 Å². The number of ether oxygens (including phenoxy) is 1. The number of nitrogens with one attached hydrogen (secondary N) is 1. The molecule has 0 bridgehead atoms. The van der Waals surface area contributed by atoms with Crippen LogP contribution in [0, 0.1) is 5.82 Å². The van der Waals surface area contributed by atoms with Crippen LogP contribution < -0.4 is 5.32 Å². The van der Waals surface area contributed by atoms with Gasteiger partial charge in [-0.2, -0.15) is 0 Å². The molecule has 3 aromatic carbocycles. The highest BCUT2D eigenvalue weighted by Gasteiger charge is 2.12. The summed E-state index contributed by atoms with van der Waals surface area (Å²) in [5.74, 6) is -1.95. The van der Waals surface area contributed by atoms with Crippen molar-refractivity contribution in [1.82, 2.24) is 5.32 Å². The summed E-state index contributed by atoms with van der Waals surface area (Å²) < 4.78 is 17.7. The second kappa shape index (κ2) is 8.90. The Morgan fingerprint density at radius 3 is 2.39 bits per heavy atom. The fraction of sp³-hybridized carbons (Fsp3) is 0.136. The van der Waals surface area contributed by atoms with Gasteiger partial charge in [0.1, 0.15) is 12.4 Å². The summed E-state index contributed by atoms with van der Waals surface area (Å²) in [5.41, 5.74) is 1.10. The first-order valence-electron chi connectivity index (χ1n) is 8.70. The third kappa shape index (κ3) is 5.01. The van der Waals surface area contributed by atoms with Crippen molar-refractivity contribution < 1.29 is 23.5 Å². The number of carbonyl (C=O) groups is 3. The molecule has 1 amide bonds. The molecule has 0 aliphatic carbocycles. The Bertz CT molecular complexity index is 1010. The third-order valence-electron chi connectivity index (χ3n) is 4.19. The molecule has 0 aromatic heterocycles. The molecule has 0 heterocycles. The maximum Gasteiger partial charge on any atom is 0.325 e. The largest absolute Gasteiger partial charge is 0.456 e. The third-order valence-corrected chi connectivity index (χ3v) is 4.19. The zero-order chi connectivity index (χ0) is 19.9. The van der Waals surface area contributed by atoms with Crippen LogP contribution in [0.25, 0.3) is 10.8 Å². The second-order valence-electron chi connectivity index (χ2n) is 6.18. The summed E-state index contributed by atoms with van der Waals surface area (Å²) in [6, 6.07) is 18.4. The quantitative estimate of drug-likeness (QED) is 0.506. The van der Waals surface area contributed by atoms with E-state index in [1.54, 1.807) is 0 Å². The summed E-state index contributed by atoms with van der Waals surface area (Å²) in [6.07, 6.45) is 0.128. The number of hydrogen-bond acceptors (Lipinski definition) is 4. The van der Waals surface area contributed by atoms with Crippen molar-refractivity contribution in [1.29, 1.82) is 0 Å². The monoisotopic (exact) mass is 379 g/mol. The van der Waals surface area contributed by atoms with Gasteiger partial charge < -0.3 is 10.1 Å². The zero-order valence-corrected chi connectivity index (χ0v) is 15.0. The molecule has 0 saturated carbocycles. The molecule has 0 fully saturated rings. The number of ketones is 1. The molecule has 6 heteroatoms. The standard InChI is InChI=1S/C22H18FNO4/c23-18-10-8-16(9-11-18)20(25)14-28-22(27)13-24-21(26)12-17-6-3-5-15-4-1-2-7-19(15)17/h1-11H,12-14H2,(H,24,26). The first-order valence-corrected chi connectivity index (χ1v) is 8.70. The molecule has 0 unspecified atom stereocenters. The number of hydrogen-bond donors (Lipinski definition) is 1. The molecule has 0 atom stereocenters. The molecule has 142 valence electrons. The van der Waals surface area contributed by atoms with Crippen LogP contribution in [-0.4, -0.2) is 30.8 Å². The van der Waals surface area contributed by atoms with Gasteiger partial charge in [0.05, 0.1) is 6.42 Å². The van der Waals surface area contributed by atoms with Gasteiger partial charge in [-0.05, 0) is 40.6 Å². The van der Waals surface area contributed by atoms with Crippen molar-refractivity contribution in [2.24, 2.45) is 0 Å². The van der Waals surface area contributed by atoms with Gasteiger partial charge in [0.15, 0.2) is 12.4 Å². The number of amides is 1. The Morgan fingerprint density at radius 2 is 1.61 bits per heavy atom. The van der Waals surface area contributed by atoms with Crippen LogP contribution in [0.2, 0.25) is 0 Å². The zero-order valence-electron chi connectivity index (χ0n) is 15.0. The van der Waals surface area contributed by atoms with Crippen LogP contribution in [0.15, 0.2) is 66.7 Å². The van der Waals surface area contributed by atoms with E-state index in [2.05, 4.69) is 5.32 Å². The Balaban J connectivity index is 1.47. The van der Waals surface area contributed by atoms with Gasteiger partial charge in [-0.25, -0.2) is 4.39 Å². The molecular formula is C22H18FNO4. The number of carbonyl (C=O) groups excluding carboxylic acids is 3. The van der Waals surface area contributed by atoms with Crippen LogP contribution in [0.1, 0.15) is 15.9 Å². The Morgan fingerprint density at radius 1 is 0.893 bits per heavy atom. The highest BCUT2D eigenvalue weighted by atomic mass is 19.1. The lowest BCUT2D eigenvalue weighted by Gasteiger charge is -2.08. The lowest BCUT2D eigenvalue weighted by Crippen LogP contribution is -2.32. The van der Waals surface area contributed by atoms with Crippen molar-refractivity contribution in [2.75, 3.05) is 13.2 Å². The van der Waals surface area contributed by atoms with Gasteiger partial charge in [-0.15, -0.1) is 0 Å². The number of esters is 1. The van der Waals surface area contributed by atoms with Crippen molar-refractivity contribution in [3.05, 3.63) is 83.7 Å². The van der Waals surface area contributed by atoms with E-state index in [4.69, 9.17) is 4.74 Å². The molecule has 1 N–H and O–H groups in total. The van der Waals surface area contributed by atoms with Gasteiger partial charge in [-0.1, -0.05) is 42.5 Å². The van der Waals surface area contributed by atoms with Crippen LogP contribution in [0.5, 0.6) is 0 Å².